The molecule has 1 heteroatoms. The van der Waals surface area contributed by atoms with E-state index in [-0.39, 0.29) is 0 Å². The van der Waals surface area contributed by atoms with E-state index >= 15 is 0 Å². The second kappa shape index (κ2) is 4.51. The fourth-order valence-electron chi connectivity index (χ4n) is 4.16. The minimum atomic E-state index is 0.335. The molecule has 0 aromatic rings. The van der Waals surface area contributed by atoms with Crippen LogP contribution in [0.5, 0.6) is 0 Å². The van der Waals surface area contributed by atoms with E-state index in [2.05, 4.69) is 46.4 Å². The molecule has 1 aliphatic heterocycles. The van der Waals surface area contributed by atoms with Crippen molar-refractivity contribution >= 4 is 0 Å². The van der Waals surface area contributed by atoms with Gasteiger partial charge >= 0.3 is 0 Å². The smallest absolute Gasteiger partial charge is 0.0128 e. The van der Waals surface area contributed by atoms with Crippen molar-refractivity contribution in [2.45, 2.75) is 91.6 Å². The van der Waals surface area contributed by atoms with Gasteiger partial charge in [-0.3, -0.25) is 4.90 Å². The molecule has 0 amide bonds. The van der Waals surface area contributed by atoms with E-state index in [9.17, 15) is 0 Å². The zero-order chi connectivity index (χ0) is 13.6. The number of piperidine rings is 1. The first-order chi connectivity index (χ1) is 8.11. The maximum absolute atomic E-state index is 2.79. The molecule has 18 heavy (non-hydrogen) atoms. The number of rotatable bonds is 1. The molecule has 0 bridgehead atoms. The Kier molecular flexibility index (Phi) is 3.60. The minimum absolute atomic E-state index is 0.335. The quantitative estimate of drug-likeness (QED) is 0.643. The van der Waals surface area contributed by atoms with Crippen LogP contribution in [-0.4, -0.2) is 23.0 Å². The van der Waals surface area contributed by atoms with Crippen LogP contribution in [0.3, 0.4) is 0 Å². The van der Waals surface area contributed by atoms with E-state index < -0.39 is 0 Å². The molecule has 2 rings (SSSR count). The Morgan fingerprint density at radius 3 is 2.00 bits per heavy atom. The van der Waals surface area contributed by atoms with Gasteiger partial charge in [0.05, 0.1) is 0 Å². The highest BCUT2D eigenvalue weighted by Gasteiger charge is 2.46. The van der Waals surface area contributed by atoms with Gasteiger partial charge in [-0.25, -0.2) is 0 Å². The van der Waals surface area contributed by atoms with Crippen LogP contribution in [0, 0.1) is 10.8 Å². The third-order valence-electron chi connectivity index (χ3n) is 5.12. The third-order valence-corrected chi connectivity index (χ3v) is 5.12. The van der Waals surface area contributed by atoms with Crippen molar-refractivity contribution < 1.29 is 0 Å². The summed E-state index contributed by atoms with van der Waals surface area (Å²) in [5.74, 6) is 0. The maximum atomic E-state index is 2.79. The summed E-state index contributed by atoms with van der Waals surface area (Å²) in [7, 11) is 0. The lowest BCUT2D eigenvalue weighted by Gasteiger charge is -2.56. The third kappa shape index (κ3) is 3.10. The van der Waals surface area contributed by atoms with Crippen molar-refractivity contribution in [3.05, 3.63) is 0 Å². The molecule has 2 fully saturated rings. The Morgan fingerprint density at radius 1 is 1.00 bits per heavy atom. The summed E-state index contributed by atoms with van der Waals surface area (Å²) in [5, 5.41) is 0. The van der Waals surface area contributed by atoms with Crippen molar-refractivity contribution in [1.82, 2.24) is 4.90 Å². The van der Waals surface area contributed by atoms with Gasteiger partial charge in [0.25, 0.3) is 0 Å². The number of hydrogen-bond donors (Lipinski definition) is 0. The summed E-state index contributed by atoms with van der Waals surface area (Å²) in [4.78, 5) is 2.79. The van der Waals surface area contributed by atoms with Gasteiger partial charge in [-0.15, -0.1) is 0 Å². The number of nitrogens with zero attached hydrogens (tertiary/aromatic N) is 1. The van der Waals surface area contributed by atoms with E-state index in [1.165, 1.54) is 45.1 Å². The molecule has 1 saturated carbocycles. The lowest BCUT2D eigenvalue weighted by molar-refractivity contribution is -0.0546. The molecule has 1 nitrogen and oxygen atoms in total. The molecular weight excluding hydrogens is 218 g/mol. The molecule has 1 atom stereocenters. The van der Waals surface area contributed by atoms with Crippen molar-refractivity contribution in [2.24, 2.45) is 10.8 Å². The van der Waals surface area contributed by atoms with Gasteiger partial charge in [-0.1, -0.05) is 27.2 Å². The van der Waals surface area contributed by atoms with Crippen molar-refractivity contribution in [1.29, 1.82) is 0 Å². The highest BCUT2D eigenvalue weighted by molar-refractivity contribution is 5.00. The van der Waals surface area contributed by atoms with Crippen LogP contribution in [0.25, 0.3) is 0 Å². The largest absolute Gasteiger partial charge is 0.295 e. The Morgan fingerprint density at radius 2 is 1.61 bits per heavy atom. The van der Waals surface area contributed by atoms with Crippen molar-refractivity contribution in [2.75, 3.05) is 6.54 Å². The molecule has 0 radical (unpaired) electrons. The number of hydrogen-bond acceptors (Lipinski definition) is 1. The zero-order valence-electron chi connectivity index (χ0n) is 13.5. The average Bonchev–Trinajstić information content (AvgIpc) is 2.10. The van der Waals surface area contributed by atoms with Crippen LogP contribution in [0.15, 0.2) is 0 Å². The Bertz CT molecular complexity index is 288. The summed E-state index contributed by atoms with van der Waals surface area (Å²) in [5.41, 5.74) is 1.54. The molecular formula is C17H33N. The van der Waals surface area contributed by atoms with Gasteiger partial charge in [-0.05, 0) is 70.3 Å². The van der Waals surface area contributed by atoms with Gasteiger partial charge in [0.15, 0.2) is 0 Å². The molecule has 0 aromatic carbocycles. The molecule has 1 saturated heterocycles. The summed E-state index contributed by atoms with van der Waals surface area (Å²) in [6.45, 7) is 15.7. The molecule has 0 N–H and O–H groups in total. The molecule has 1 spiro atoms. The van der Waals surface area contributed by atoms with Gasteiger partial charge in [0.2, 0.25) is 0 Å². The van der Waals surface area contributed by atoms with Gasteiger partial charge < -0.3 is 0 Å². The first-order valence-corrected chi connectivity index (χ1v) is 7.88. The van der Waals surface area contributed by atoms with Gasteiger partial charge in [0, 0.05) is 11.6 Å². The first kappa shape index (κ1) is 14.4. The average molecular weight is 251 g/mol. The second-order valence-corrected chi connectivity index (χ2v) is 9.09. The number of likely N-dealkylation sites (tertiary alicyclic amines) is 1. The van der Waals surface area contributed by atoms with E-state index in [0.29, 0.717) is 11.0 Å². The van der Waals surface area contributed by atoms with E-state index in [1.807, 2.05) is 0 Å². The molecule has 1 aliphatic carbocycles. The van der Waals surface area contributed by atoms with Crippen LogP contribution in [0.1, 0.15) is 80.1 Å². The van der Waals surface area contributed by atoms with Crippen LogP contribution >= 0.6 is 0 Å². The molecule has 0 aromatic heterocycles. The SMILES string of the molecule is CC(C)(C)CC1CC2(CCC2)CCN1C(C)(C)C. The van der Waals surface area contributed by atoms with Crippen LogP contribution in [0.2, 0.25) is 0 Å². The lowest BCUT2D eigenvalue weighted by Crippen LogP contribution is -2.57. The fourth-order valence-corrected chi connectivity index (χ4v) is 4.16. The summed E-state index contributed by atoms with van der Waals surface area (Å²) in [6, 6.07) is 0.805. The first-order valence-electron chi connectivity index (χ1n) is 7.88. The topological polar surface area (TPSA) is 3.24 Å². The Labute approximate surface area is 114 Å². The summed E-state index contributed by atoms with van der Waals surface area (Å²) in [6.07, 6.45) is 8.76. The lowest BCUT2D eigenvalue weighted by atomic mass is 9.60. The molecule has 106 valence electrons. The zero-order valence-corrected chi connectivity index (χ0v) is 13.5. The highest BCUT2D eigenvalue weighted by atomic mass is 15.2. The molecule has 1 heterocycles. The van der Waals surface area contributed by atoms with Gasteiger partial charge in [-0.2, -0.15) is 0 Å². The summed E-state index contributed by atoms with van der Waals surface area (Å²) >= 11 is 0. The standard InChI is InChI=1S/C17H33N/c1-15(2,3)12-14-13-17(8-7-9-17)10-11-18(14)16(4,5)6/h14H,7-13H2,1-6H3. The predicted octanol–water partition coefficient (Wildman–Crippen LogP) is 4.86. The van der Waals surface area contributed by atoms with Crippen molar-refractivity contribution in [3.8, 4) is 0 Å². The monoisotopic (exact) mass is 251 g/mol. The van der Waals surface area contributed by atoms with E-state index in [4.69, 9.17) is 0 Å². The van der Waals surface area contributed by atoms with Crippen LogP contribution in [0.4, 0.5) is 0 Å². The highest BCUT2D eigenvalue weighted by Crippen LogP contribution is 2.52. The predicted molar refractivity (Wildman–Crippen MR) is 79.8 cm³/mol. The fraction of sp³-hybridized carbons (Fsp3) is 1.00. The summed E-state index contributed by atoms with van der Waals surface area (Å²) < 4.78 is 0. The van der Waals surface area contributed by atoms with Crippen molar-refractivity contribution in [3.63, 3.8) is 0 Å². The van der Waals surface area contributed by atoms with Crippen LogP contribution in [-0.2, 0) is 0 Å². The Hall–Kier alpha value is -0.0400. The molecule has 1 unspecified atom stereocenters. The second-order valence-electron chi connectivity index (χ2n) is 9.09. The Balaban J connectivity index is 2.11. The van der Waals surface area contributed by atoms with Gasteiger partial charge in [0.1, 0.15) is 0 Å². The molecule has 2 aliphatic rings. The minimum Gasteiger partial charge on any atom is -0.295 e. The normalized spacial score (nSPS) is 29.3. The van der Waals surface area contributed by atoms with E-state index in [1.54, 1.807) is 0 Å². The van der Waals surface area contributed by atoms with E-state index in [0.717, 1.165) is 11.5 Å². The maximum Gasteiger partial charge on any atom is 0.0128 e. The van der Waals surface area contributed by atoms with Crippen LogP contribution < -0.4 is 0 Å².